The maximum absolute atomic E-state index is 11.9. The van der Waals surface area contributed by atoms with E-state index >= 15 is 0 Å². The summed E-state index contributed by atoms with van der Waals surface area (Å²) in [6.45, 7) is 13.3. The first-order valence-corrected chi connectivity index (χ1v) is 8.32. The standard InChI is InChI=1S/C18H30N2O3/c1-5-9-20(10-6-2)15-11-14(18(21)23-19)12-17(13-15)22-16(7-3)8-4/h5-6,12,15-17H,1-2,7-11,13,19H2,3-4H3. The Kier molecular flexibility index (Phi) is 8.84. The summed E-state index contributed by atoms with van der Waals surface area (Å²) in [6.07, 6.45) is 9.00. The van der Waals surface area contributed by atoms with Gasteiger partial charge in [0, 0.05) is 24.7 Å². The summed E-state index contributed by atoms with van der Waals surface area (Å²) in [4.78, 5) is 18.5. The number of rotatable bonds is 10. The Morgan fingerprint density at radius 2 is 2.00 bits per heavy atom. The van der Waals surface area contributed by atoms with Gasteiger partial charge in [-0.2, -0.15) is 5.90 Å². The summed E-state index contributed by atoms with van der Waals surface area (Å²) in [6, 6.07) is 0.171. The second kappa shape index (κ2) is 10.4. The van der Waals surface area contributed by atoms with Crippen LogP contribution < -0.4 is 5.90 Å². The Morgan fingerprint density at radius 1 is 1.39 bits per heavy atom. The number of hydrogen-bond donors (Lipinski definition) is 1. The number of nitrogens with zero attached hydrogens (tertiary/aromatic N) is 1. The first kappa shape index (κ1) is 19.6. The molecule has 1 aliphatic rings. The van der Waals surface area contributed by atoms with Crippen molar-refractivity contribution in [2.75, 3.05) is 13.1 Å². The lowest BCUT2D eigenvalue weighted by molar-refractivity contribution is -0.140. The maximum atomic E-state index is 11.9. The van der Waals surface area contributed by atoms with Crippen molar-refractivity contribution in [3.63, 3.8) is 0 Å². The van der Waals surface area contributed by atoms with Crippen LogP contribution in [0, 0.1) is 0 Å². The fourth-order valence-electron chi connectivity index (χ4n) is 3.00. The summed E-state index contributed by atoms with van der Waals surface area (Å²) in [5.74, 6) is 4.58. The highest BCUT2D eigenvalue weighted by Crippen LogP contribution is 2.27. The van der Waals surface area contributed by atoms with E-state index in [-0.39, 0.29) is 18.2 Å². The smallest absolute Gasteiger partial charge is 0.352 e. The Labute approximate surface area is 139 Å². The summed E-state index contributed by atoms with van der Waals surface area (Å²) in [5, 5.41) is 0. The molecule has 130 valence electrons. The van der Waals surface area contributed by atoms with Crippen LogP contribution >= 0.6 is 0 Å². The number of hydrogen-bond acceptors (Lipinski definition) is 5. The van der Waals surface area contributed by atoms with Gasteiger partial charge in [-0.1, -0.05) is 26.0 Å². The molecule has 23 heavy (non-hydrogen) atoms. The van der Waals surface area contributed by atoms with Crippen molar-refractivity contribution in [3.05, 3.63) is 37.0 Å². The van der Waals surface area contributed by atoms with E-state index in [1.807, 2.05) is 18.2 Å². The Balaban J connectivity index is 2.94. The molecule has 0 saturated carbocycles. The van der Waals surface area contributed by atoms with Gasteiger partial charge < -0.3 is 9.57 Å². The average molecular weight is 322 g/mol. The SMILES string of the molecule is C=CCN(CC=C)C1CC(C(=O)ON)=CC(OC(CC)CC)C1. The van der Waals surface area contributed by atoms with E-state index in [0.717, 1.165) is 32.4 Å². The zero-order valence-electron chi connectivity index (χ0n) is 14.4. The number of carbonyl (C=O) groups excluding carboxylic acids is 1. The first-order valence-electron chi connectivity index (χ1n) is 8.32. The van der Waals surface area contributed by atoms with E-state index in [1.54, 1.807) is 0 Å². The van der Waals surface area contributed by atoms with Crippen LogP contribution in [0.2, 0.25) is 0 Å². The highest BCUT2D eigenvalue weighted by Gasteiger charge is 2.31. The molecule has 0 bridgehead atoms. The van der Waals surface area contributed by atoms with E-state index in [1.165, 1.54) is 0 Å². The third-order valence-corrected chi connectivity index (χ3v) is 4.24. The molecule has 0 amide bonds. The van der Waals surface area contributed by atoms with Gasteiger partial charge in [0.05, 0.1) is 12.2 Å². The van der Waals surface area contributed by atoms with Gasteiger partial charge in [-0.25, -0.2) is 4.79 Å². The van der Waals surface area contributed by atoms with Gasteiger partial charge in [0.25, 0.3) is 0 Å². The van der Waals surface area contributed by atoms with Gasteiger partial charge in [-0.05, 0) is 31.8 Å². The summed E-state index contributed by atoms with van der Waals surface area (Å²) < 4.78 is 6.15. The van der Waals surface area contributed by atoms with Crippen LogP contribution in [0.15, 0.2) is 37.0 Å². The molecule has 2 atom stereocenters. The monoisotopic (exact) mass is 322 g/mol. The molecular formula is C18H30N2O3. The molecule has 5 nitrogen and oxygen atoms in total. The van der Waals surface area contributed by atoms with Crippen LogP contribution in [0.1, 0.15) is 39.5 Å². The largest absolute Gasteiger partial charge is 0.371 e. The van der Waals surface area contributed by atoms with Gasteiger partial charge in [0.2, 0.25) is 0 Å². The molecule has 0 heterocycles. The molecule has 5 heteroatoms. The Hall–Kier alpha value is -1.43. The topological polar surface area (TPSA) is 64.8 Å². The van der Waals surface area contributed by atoms with Gasteiger partial charge in [0.15, 0.2) is 0 Å². The zero-order chi connectivity index (χ0) is 17.2. The molecule has 2 N–H and O–H groups in total. The molecule has 0 spiro atoms. The third kappa shape index (κ3) is 5.94. The molecule has 1 aliphatic carbocycles. The van der Waals surface area contributed by atoms with E-state index in [4.69, 9.17) is 10.6 Å². The second-order valence-electron chi connectivity index (χ2n) is 5.84. The van der Waals surface area contributed by atoms with Crippen LogP contribution in [0.4, 0.5) is 0 Å². The fourth-order valence-corrected chi connectivity index (χ4v) is 3.00. The first-order chi connectivity index (χ1) is 11.1. The van der Waals surface area contributed by atoms with Crippen molar-refractivity contribution in [1.29, 1.82) is 0 Å². The minimum atomic E-state index is -0.481. The number of carbonyl (C=O) groups is 1. The highest BCUT2D eigenvalue weighted by atomic mass is 16.7. The van der Waals surface area contributed by atoms with Crippen molar-refractivity contribution in [3.8, 4) is 0 Å². The minimum absolute atomic E-state index is 0.107. The lowest BCUT2D eigenvalue weighted by Gasteiger charge is -2.36. The molecule has 0 aliphatic heterocycles. The lowest BCUT2D eigenvalue weighted by atomic mass is 9.91. The Morgan fingerprint density at radius 3 is 2.48 bits per heavy atom. The number of ether oxygens (including phenoxy) is 1. The highest BCUT2D eigenvalue weighted by molar-refractivity contribution is 5.88. The Bertz CT molecular complexity index is 420. The van der Waals surface area contributed by atoms with Crippen LogP contribution in [0.25, 0.3) is 0 Å². The molecule has 1 rings (SSSR count). The molecule has 2 unspecified atom stereocenters. The van der Waals surface area contributed by atoms with Crippen molar-refractivity contribution in [2.45, 2.75) is 57.8 Å². The van der Waals surface area contributed by atoms with E-state index in [2.05, 4.69) is 36.7 Å². The average Bonchev–Trinajstić information content (AvgIpc) is 2.58. The quantitative estimate of drug-likeness (QED) is 0.495. The van der Waals surface area contributed by atoms with E-state index in [9.17, 15) is 4.79 Å². The summed E-state index contributed by atoms with van der Waals surface area (Å²) in [7, 11) is 0. The number of nitrogens with two attached hydrogens (primary N) is 1. The molecule has 0 aromatic heterocycles. The van der Waals surface area contributed by atoms with Crippen LogP contribution in [-0.4, -0.2) is 42.2 Å². The molecule has 0 saturated heterocycles. The van der Waals surface area contributed by atoms with Crippen LogP contribution in [0.3, 0.4) is 0 Å². The van der Waals surface area contributed by atoms with Gasteiger partial charge in [0.1, 0.15) is 0 Å². The summed E-state index contributed by atoms with van der Waals surface area (Å²) in [5.41, 5.74) is 0.581. The van der Waals surface area contributed by atoms with Gasteiger partial charge in [-0.3, -0.25) is 4.90 Å². The molecular weight excluding hydrogens is 292 g/mol. The maximum Gasteiger partial charge on any atom is 0.352 e. The lowest BCUT2D eigenvalue weighted by Crippen LogP contribution is -2.42. The molecule has 0 fully saturated rings. The normalized spacial score (nSPS) is 21.2. The van der Waals surface area contributed by atoms with Crippen molar-refractivity contribution < 1.29 is 14.4 Å². The molecule has 0 aromatic rings. The third-order valence-electron chi connectivity index (χ3n) is 4.24. The second-order valence-corrected chi connectivity index (χ2v) is 5.84. The summed E-state index contributed by atoms with van der Waals surface area (Å²) >= 11 is 0. The molecule has 0 radical (unpaired) electrons. The minimum Gasteiger partial charge on any atom is -0.371 e. The van der Waals surface area contributed by atoms with Gasteiger partial charge >= 0.3 is 5.97 Å². The van der Waals surface area contributed by atoms with Gasteiger partial charge in [-0.15, -0.1) is 13.2 Å². The predicted molar refractivity (Wildman–Crippen MR) is 92.6 cm³/mol. The zero-order valence-corrected chi connectivity index (χ0v) is 14.4. The van der Waals surface area contributed by atoms with E-state index < -0.39 is 5.97 Å². The van der Waals surface area contributed by atoms with Crippen LogP contribution in [-0.2, 0) is 14.4 Å². The van der Waals surface area contributed by atoms with Crippen molar-refractivity contribution >= 4 is 5.97 Å². The molecule has 0 aromatic carbocycles. The van der Waals surface area contributed by atoms with Crippen molar-refractivity contribution in [2.24, 2.45) is 5.90 Å². The fraction of sp³-hybridized carbons (Fsp3) is 0.611. The van der Waals surface area contributed by atoms with Crippen molar-refractivity contribution in [1.82, 2.24) is 4.90 Å². The predicted octanol–water partition coefficient (Wildman–Crippen LogP) is 2.74. The van der Waals surface area contributed by atoms with Crippen LogP contribution in [0.5, 0.6) is 0 Å². The van der Waals surface area contributed by atoms with E-state index in [0.29, 0.717) is 12.0 Å².